The van der Waals surface area contributed by atoms with Gasteiger partial charge in [0.05, 0.1) is 7.11 Å². The fraction of sp³-hybridized carbons (Fsp3) is 0.133. The molecule has 0 aliphatic rings. The SMILES string of the molecule is COc1ccc(C(=O)COc2cccc(N)c2)cc1. The number of hydrogen-bond acceptors (Lipinski definition) is 4. The monoisotopic (exact) mass is 257 g/mol. The number of carbonyl (C=O) groups is 1. The van der Waals surface area contributed by atoms with Gasteiger partial charge in [-0.05, 0) is 36.4 Å². The van der Waals surface area contributed by atoms with Gasteiger partial charge in [-0.1, -0.05) is 6.07 Å². The molecule has 0 radical (unpaired) electrons. The summed E-state index contributed by atoms with van der Waals surface area (Å²) < 4.78 is 10.4. The van der Waals surface area contributed by atoms with Gasteiger partial charge >= 0.3 is 0 Å². The lowest BCUT2D eigenvalue weighted by molar-refractivity contribution is 0.0921. The Labute approximate surface area is 111 Å². The van der Waals surface area contributed by atoms with Crippen LogP contribution in [0.15, 0.2) is 48.5 Å². The summed E-state index contributed by atoms with van der Waals surface area (Å²) >= 11 is 0. The molecule has 2 N–H and O–H groups in total. The predicted molar refractivity (Wildman–Crippen MR) is 73.7 cm³/mol. The van der Waals surface area contributed by atoms with E-state index in [1.807, 2.05) is 0 Å². The van der Waals surface area contributed by atoms with Crippen molar-refractivity contribution < 1.29 is 14.3 Å². The quantitative estimate of drug-likeness (QED) is 0.660. The minimum absolute atomic E-state index is 0.0181. The van der Waals surface area contributed by atoms with Crippen LogP contribution >= 0.6 is 0 Å². The van der Waals surface area contributed by atoms with Crippen LogP contribution in [0.4, 0.5) is 5.69 Å². The van der Waals surface area contributed by atoms with Crippen molar-refractivity contribution in [3.05, 3.63) is 54.1 Å². The van der Waals surface area contributed by atoms with Crippen molar-refractivity contribution in [1.29, 1.82) is 0 Å². The van der Waals surface area contributed by atoms with E-state index in [2.05, 4.69) is 0 Å². The first-order valence-electron chi connectivity index (χ1n) is 5.84. The number of ketones is 1. The third kappa shape index (κ3) is 3.48. The molecule has 0 unspecified atom stereocenters. The number of hydrogen-bond donors (Lipinski definition) is 1. The largest absolute Gasteiger partial charge is 0.497 e. The lowest BCUT2D eigenvalue weighted by Gasteiger charge is -2.06. The number of methoxy groups -OCH3 is 1. The average molecular weight is 257 g/mol. The molecule has 0 aliphatic carbocycles. The molecule has 0 aliphatic heterocycles. The van der Waals surface area contributed by atoms with Crippen LogP contribution in [0.1, 0.15) is 10.4 Å². The topological polar surface area (TPSA) is 61.5 Å². The Kier molecular flexibility index (Phi) is 4.03. The summed E-state index contributed by atoms with van der Waals surface area (Å²) in [5.41, 5.74) is 6.82. The number of carbonyl (C=O) groups excluding carboxylic acids is 1. The van der Waals surface area contributed by atoms with Gasteiger partial charge in [-0.3, -0.25) is 4.79 Å². The fourth-order valence-electron chi connectivity index (χ4n) is 1.61. The highest BCUT2D eigenvalue weighted by Gasteiger charge is 2.07. The molecule has 2 aromatic rings. The molecule has 0 aromatic heterocycles. The molecule has 0 spiro atoms. The van der Waals surface area contributed by atoms with Crippen molar-refractivity contribution >= 4 is 11.5 Å². The van der Waals surface area contributed by atoms with Gasteiger partial charge < -0.3 is 15.2 Å². The highest BCUT2D eigenvalue weighted by molar-refractivity contribution is 5.97. The predicted octanol–water partition coefficient (Wildman–Crippen LogP) is 2.54. The lowest BCUT2D eigenvalue weighted by Crippen LogP contribution is -2.11. The van der Waals surface area contributed by atoms with Crippen molar-refractivity contribution in [3.63, 3.8) is 0 Å². The van der Waals surface area contributed by atoms with Gasteiger partial charge in [0.25, 0.3) is 0 Å². The Bertz CT molecular complexity index is 564. The van der Waals surface area contributed by atoms with Crippen LogP contribution in [0, 0.1) is 0 Å². The first-order valence-corrected chi connectivity index (χ1v) is 5.84. The lowest BCUT2D eigenvalue weighted by atomic mass is 10.1. The summed E-state index contributed by atoms with van der Waals surface area (Å²) in [5.74, 6) is 1.21. The van der Waals surface area contributed by atoms with Crippen LogP contribution in [0.5, 0.6) is 11.5 Å². The van der Waals surface area contributed by atoms with Crippen LogP contribution in [0.25, 0.3) is 0 Å². The molecule has 2 rings (SSSR count). The maximum Gasteiger partial charge on any atom is 0.200 e. The second-order valence-corrected chi connectivity index (χ2v) is 4.01. The second-order valence-electron chi connectivity index (χ2n) is 4.01. The number of rotatable bonds is 5. The first-order chi connectivity index (χ1) is 9.19. The van der Waals surface area contributed by atoms with Crippen LogP contribution in [0.3, 0.4) is 0 Å². The molecule has 0 amide bonds. The van der Waals surface area contributed by atoms with E-state index >= 15 is 0 Å². The Balaban J connectivity index is 1.97. The number of benzene rings is 2. The number of Topliss-reactive ketones (excluding diaryl/α,β-unsaturated/α-hetero) is 1. The van der Waals surface area contributed by atoms with Gasteiger partial charge in [-0.2, -0.15) is 0 Å². The zero-order valence-corrected chi connectivity index (χ0v) is 10.6. The third-order valence-electron chi connectivity index (χ3n) is 2.64. The van der Waals surface area contributed by atoms with Crippen molar-refractivity contribution in [1.82, 2.24) is 0 Å². The number of anilines is 1. The van der Waals surface area contributed by atoms with Crippen LogP contribution in [-0.4, -0.2) is 19.5 Å². The van der Waals surface area contributed by atoms with E-state index < -0.39 is 0 Å². The average Bonchev–Trinajstić information content (AvgIpc) is 2.45. The van der Waals surface area contributed by atoms with E-state index in [4.69, 9.17) is 15.2 Å². The smallest absolute Gasteiger partial charge is 0.200 e. The maximum atomic E-state index is 11.9. The minimum Gasteiger partial charge on any atom is -0.497 e. The van der Waals surface area contributed by atoms with E-state index in [0.29, 0.717) is 22.7 Å². The van der Waals surface area contributed by atoms with Crippen LogP contribution in [0.2, 0.25) is 0 Å². The Morgan fingerprint density at radius 3 is 2.47 bits per heavy atom. The molecule has 0 bridgehead atoms. The van der Waals surface area contributed by atoms with Gasteiger partial charge in [0.2, 0.25) is 0 Å². The summed E-state index contributed by atoms with van der Waals surface area (Å²) in [5, 5.41) is 0. The molecule has 0 heterocycles. The minimum atomic E-state index is -0.0925. The Morgan fingerprint density at radius 2 is 1.84 bits per heavy atom. The summed E-state index contributed by atoms with van der Waals surface area (Å²) in [6.07, 6.45) is 0. The van der Waals surface area contributed by atoms with Crippen LogP contribution < -0.4 is 15.2 Å². The zero-order valence-electron chi connectivity index (χ0n) is 10.6. The standard InChI is InChI=1S/C15H15NO3/c1-18-13-7-5-11(6-8-13)15(17)10-19-14-4-2-3-12(16)9-14/h2-9H,10,16H2,1H3. The maximum absolute atomic E-state index is 11.9. The first kappa shape index (κ1) is 13.0. The van der Waals surface area contributed by atoms with E-state index in [-0.39, 0.29) is 12.4 Å². The Hall–Kier alpha value is -2.49. The molecule has 98 valence electrons. The molecule has 2 aromatic carbocycles. The summed E-state index contributed by atoms with van der Waals surface area (Å²) in [6.45, 7) is -0.0181. The van der Waals surface area contributed by atoms with Gasteiger partial charge in [-0.25, -0.2) is 0 Å². The van der Waals surface area contributed by atoms with Crippen molar-refractivity contribution in [2.24, 2.45) is 0 Å². The Morgan fingerprint density at radius 1 is 1.11 bits per heavy atom. The molecule has 0 atom stereocenters. The van der Waals surface area contributed by atoms with Gasteiger partial charge in [0, 0.05) is 17.3 Å². The normalized spacial score (nSPS) is 9.95. The molecule has 0 saturated carbocycles. The van der Waals surface area contributed by atoms with Crippen molar-refractivity contribution in [3.8, 4) is 11.5 Å². The van der Waals surface area contributed by atoms with E-state index in [9.17, 15) is 4.79 Å². The van der Waals surface area contributed by atoms with E-state index in [1.54, 1.807) is 55.6 Å². The summed E-state index contributed by atoms with van der Waals surface area (Å²) in [6, 6.07) is 13.9. The number of ether oxygens (including phenoxy) is 2. The van der Waals surface area contributed by atoms with Gasteiger partial charge in [0.1, 0.15) is 11.5 Å². The van der Waals surface area contributed by atoms with E-state index in [1.165, 1.54) is 0 Å². The molecular weight excluding hydrogens is 242 g/mol. The summed E-state index contributed by atoms with van der Waals surface area (Å²) in [7, 11) is 1.58. The molecule has 4 heteroatoms. The number of nitrogen functional groups attached to an aromatic ring is 1. The highest BCUT2D eigenvalue weighted by Crippen LogP contribution is 2.16. The van der Waals surface area contributed by atoms with Crippen molar-refractivity contribution in [2.45, 2.75) is 0 Å². The molecule has 4 nitrogen and oxygen atoms in total. The molecule has 19 heavy (non-hydrogen) atoms. The second kappa shape index (κ2) is 5.91. The molecule has 0 saturated heterocycles. The third-order valence-corrected chi connectivity index (χ3v) is 2.64. The fourth-order valence-corrected chi connectivity index (χ4v) is 1.61. The molecular formula is C15H15NO3. The van der Waals surface area contributed by atoms with Gasteiger partial charge in [0.15, 0.2) is 12.4 Å². The van der Waals surface area contributed by atoms with Crippen molar-refractivity contribution in [2.75, 3.05) is 19.5 Å². The molecule has 0 fully saturated rings. The number of nitrogens with two attached hydrogens (primary N) is 1. The van der Waals surface area contributed by atoms with Crippen LogP contribution in [-0.2, 0) is 0 Å². The van der Waals surface area contributed by atoms with E-state index in [0.717, 1.165) is 0 Å². The highest BCUT2D eigenvalue weighted by atomic mass is 16.5. The summed E-state index contributed by atoms with van der Waals surface area (Å²) in [4.78, 5) is 11.9. The van der Waals surface area contributed by atoms with Gasteiger partial charge in [-0.15, -0.1) is 0 Å². The zero-order chi connectivity index (χ0) is 13.7.